The summed E-state index contributed by atoms with van der Waals surface area (Å²) in [7, 11) is 0. The molecule has 1 amide bonds. The molecule has 1 saturated carbocycles. The quantitative estimate of drug-likeness (QED) is 0.874. The highest BCUT2D eigenvalue weighted by atomic mass is 35.5. The highest BCUT2D eigenvalue weighted by Crippen LogP contribution is 2.31. The Labute approximate surface area is 116 Å². The van der Waals surface area contributed by atoms with Gasteiger partial charge < -0.3 is 5.32 Å². The SMILES string of the molecule is O=C(NC1(CCl)CCCC1)c1cnn2ccncc12. The van der Waals surface area contributed by atoms with Gasteiger partial charge in [0.2, 0.25) is 0 Å². The largest absolute Gasteiger partial charge is 0.345 e. The van der Waals surface area contributed by atoms with Gasteiger partial charge in [0.25, 0.3) is 5.91 Å². The van der Waals surface area contributed by atoms with Gasteiger partial charge in [-0.05, 0) is 12.8 Å². The molecule has 0 aliphatic heterocycles. The number of alkyl halides is 1. The number of nitrogens with zero attached hydrogens (tertiary/aromatic N) is 3. The first kappa shape index (κ1) is 12.4. The van der Waals surface area contributed by atoms with Crippen molar-refractivity contribution in [2.45, 2.75) is 31.2 Å². The molecule has 3 rings (SSSR count). The summed E-state index contributed by atoms with van der Waals surface area (Å²) in [5.41, 5.74) is 1.00. The molecule has 1 aliphatic carbocycles. The zero-order valence-electron chi connectivity index (χ0n) is 10.5. The van der Waals surface area contributed by atoms with Crippen LogP contribution in [0, 0.1) is 0 Å². The molecule has 0 bridgehead atoms. The first-order valence-electron chi connectivity index (χ1n) is 6.40. The predicted octanol–water partition coefficient (Wildman–Crippen LogP) is 2.01. The van der Waals surface area contributed by atoms with Gasteiger partial charge in [-0.1, -0.05) is 12.8 Å². The molecule has 19 heavy (non-hydrogen) atoms. The fraction of sp³-hybridized carbons (Fsp3) is 0.462. The van der Waals surface area contributed by atoms with Crippen molar-refractivity contribution in [3.63, 3.8) is 0 Å². The van der Waals surface area contributed by atoms with E-state index in [0.29, 0.717) is 17.0 Å². The van der Waals surface area contributed by atoms with E-state index in [0.717, 1.165) is 25.7 Å². The minimum atomic E-state index is -0.255. The van der Waals surface area contributed by atoms with Crippen molar-refractivity contribution in [3.05, 3.63) is 30.4 Å². The standard InChI is InChI=1S/C13H15ClN4O/c14-9-13(3-1-2-4-13)17-12(19)10-7-16-18-6-5-15-8-11(10)18/h5-8H,1-4,9H2,(H,17,19). The number of hydrogen-bond acceptors (Lipinski definition) is 3. The molecule has 2 heterocycles. The molecule has 0 radical (unpaired) electrons. The second-order valence-electron chi connectivity index (χ2n) is 5.04. The molecule has 0 atom stereocenters. The number of nitrogens with one attached hydrogen (secondary N) is 1. The fourth-order valence-corrected chi connectivity index (χ4v) is 3.00. The second kappa shape index (κ2) is 4.81. The molecule has 1 fully saturated rings. The summed E-state index contributed by atoms with van der Waals surface area (Å²) < 4.78 is 1.64. The summed E-state index contributed by atoms with van der Waals surface area (Å²) in [6.45, 7) is 0. The summed E-state index contributed by atoms with van der Waals surface area (Å²) >= 11 is 6.04. The first-order valence-corrected chi connectivity index (χ1v) is 6.93. The number of amides is 1. The van der Waals surface area contributed by atoms with Crippen LogP contribution in [0.3, 0.4) is 0 Å². The smallest absolute Gasteiger partial charge is 0.255 e. The van der Waals surface area contributed by atoms with Crippen LogP contribution in [0.1, 0.15) is 36.0 Å². The number of halogens is 1. The monoisotopic (exact) mass is 278 g/mol. The molecule has 0 saturated heterocycles. The van der Waals surface area contributed by atoms with E-state index in [-0.39, 0.29) is 11.4 Å². The van der Waals surface area contributed by atoms with Gasteiger partial charge in [0.1, 0.15) is 0 Å². The van der Waals surface area contributed by atoms with Crippen LogP contribution in [-0.4, -0.2) is 31.9 Å². The van der Waals surface area contributed by atoms with Gasteiger partial charge in [0, 0.05) is 18.3 Å². The lowest BCUT2D eigenvalue weighted by Crippen LogP contribution is -2.47. The van der Waals surface area contributed by atoms with E-state index in [9.17, 15) is 4.79 Å². The fourth-order valence-electron chi connectivity index (χ4n) is 2.66. The van der Waals surface area contributed by atoms with E-state index in [2.05, 4.69) is 15.4 Å². The van der Waals surface area contributed by atoms with Crippen LogP contribution in [0.15, 0.2) is 24.8 Å². The molecule has 6 heteroatoms. The average Bonchev–Trinajstić information content (AvgIpc) is 3.05. The Balaban J connectivity index is 1.88. The zero-order chi connectivity index (χ0) is 13.3. The Bertz CT molecular complexity index is 603. The number of rotatable bonds is 3. The molecule has 0 aromatic carbocycles. The van der Waals surface area contributed by atoms with Crippen LogP contribution in [0.5, 0.6) is 0 Å². The Kier molecular flexibility index (Phi) is 3.14. The molecule has 1 N–H and O–H groups in total. The highest BCUT2D eigenvalue weighted by Gasteiger charge is 2.35. The van der Waals surface area contributed by atoms with E-state index in [1.54, 1.807) is 29.3 Å². The number of carbonyl (C=O) groups excluding carboxylic acids is 1. The third-order valence-corrected chi connectivity index (χ3v) is 4.28. The number of aromatic nitrogens is 3. The van der Waals surface area contributed by atoms with Crippen LogP contribution < -0.4 is 5.32 Å². The van der Waals surface area contributed by atoms with Crippen molar-refractivity contribution >= 4 is 23.0 Å². The summed E-state index contributed by atoms with van der Waals surface area (Å²) in [6.07, 6.45) is 10.7. The number of fused-ring (bicyclic) bond motifs is 1. The molecule has 2 aromatic heterocycles. The summed E-state index contributed by atoms with van der Waals surface area (Å²) in [5.74, 6) is 0.335. The molecule has 0 unspecified atom stereocenters. The highest BCUT2D eigenvalue weighted by molar-refractivity contribution is 6.19. The molecule has 2 aromatic rings. The Morgan fingerprint density at radius 2 is 2.21 bits per heavy atom. The van der Waals surface area contributed by atoms with E-state index in [1.165, 1.54) is 0 Å². The third kappa shape index (κ3) is 2.18. The Hall–Kier alpha value is -1.62. The van der Waals surface area contributed by atoms with Gasteiger partial charge in [0.05, 0.1) is 29.0 Å². The third-order valence-electron chi connectivity index (χ3n) is 3.76. The summed E-state index contributed by atoms with van der Waals surface area (Å²) in [5, 5.41) is 7.23. The van der Waals surface area contributed by atoms with Crippen molar-refractivity contribution in [1.82, 2.24) is 19.9 Å². The minimum Gasteiger partial charge on any atom is -0.345 e. The van der Waals surface area contributed by atoms with Gasteiger partial charge in [-0.25, -0.2) is 4.52 Å². The molecular weight excluding hydrogens is 264 g/mol. The normalized spacial score (nSPS) is 17.7. The lowest BCUT2D eigenvalue weighted by atomic mass is 10.00. The topological polar surface area (TPSA) is 59.3 Å². The van der Waals surface area contributed by atoms with E-state index >= 15 is 0 Å². The van der Waals surface area contributed by atoms with Gasteiger partial charge in [-0.15, -0.1) is 11.6 Å². The number of carbonyl (C=O) groups is 1. The molecular formula is C13H15ClN4O. The van der Waals surface area contributed by atoms with Gasteiger partial charge in [-0.3, -0.25) is 9.78 Å². The molecule has 0 spiro atoms. The van der Waals surface area contributed by atoms with Crippen LogP contribution >= 0.6 is 11.6 Å². The van der Waals surface area contributed by atoms with Gasteiger partial charge in [-0.2, -0.15) is 5.10 Å². The molecule has 100 valence electrons. The van der Waals surface area contributed by atoms with Crippen LogP contribution in [0.4, 0.5) is 0 Å². The first-order chi connectivity index (χ1) is 9.24. The van der Waals surface area contributed by atoms with E-state index in [1.807, 2.05) is 0 Å². The van der Waals surface area contributed by atoms with E-state index in [4.69, 9.17) is 11.6 Å². The Morgan fingerprint density at radius 1 is 1.42 bits per heavy atom. The van der Waals surface area contributed by atoms with Crippen LogP contribution in [-0.2, 0) is 0 Å². The lowest BCUT2D eigenvalue weighted by Gasteiger charge is -2.27. The lowest BCUT2D eigenvalue weighted by molar-refractivity contribution is 0.0911. The Morgan fingerprint density at radius 3 is 2.95 bits per heavy atom. The molecule has 5 nitrogen and oxygen atoms in total. The maximum atomic E-state index is 12.4. The zero-order valence-corrected chi connectivity index (χ0v) is 11.2. The van der Waals surface area contributed by atoms with Crippen LogP contribution in [0.25, 0.3) is 5.52 Å². The molecule has 1 aliphatic rings. The van der Waals surface area contributed by atoms with Crippen LogP contribution in [0.2, 0.25) is 0 Å². The van der Waals surface area contributed by atoms with Gasteiger partial charge >= 0.3 is 0 Å². The second-order valence-corrected chi connectivity index (χ2v) is 5.31. The van der Waals surface area contributed by atoms with Crippen molar-refractivity contribution in [2.24, 2.45) is 0 Å². The van der Waals surface area contributed by atoms with Crippen molar-refractivity contribution in [2.75, 3.05) is 5.88 Å². The van der Waals surface area contributed by atoms with Crippen molar-refractivity contribution in [3.8, 4) is 0 Å². The maximum absolute atomic E-state index is 12.4. The summed E-state index contributed by atoms with van der Waals surface area (Å²) in [6, 6.07) is 0. The summed E-state index contributed by atoms with van der Waals surface area (Å²) in [4.78, 5) is 16.4. The maximum Gasteiger partial charge on any atom is 0.255 e. The van der Waals surface area contributed by atoms with Crippen molar-refractivity contribution < 1.29 is 4.79 Å². The predicted molar refractivity (Wildman–Crippen MR) is 72.4 cm³/mol. The van der Waals surface area contributed by atoms with Gasteiger partial charge in [0.15, 0.2) is 0 Å². The minimum absolute atomic E-state index is 0.120. The number of hydrogen-bond donors (Lipinski definition) is 1. The van der Waals surface area contributed by atoms with Crippen molar-refractivity contribution in [1.29, 1.82) is 0 Å². The average molecular weight is 279 g/mol. The van der Waals surface area contributed by atoms with E-state index < -0.39 is 0 Å².